The predicted octanol–water partition coefficient (Wildman–Crippen LogP) is 4.97. The van der Waals surface area contributed by atoms with Crippen molar-refractivity contribution in [3.8, 4) is 11.3 Å². The number of anilines is 3. The second-order valence-corrected chi connectivity index (χ2v) is 7.61. The van der Waals surface area contributed by atoms with Gasteiger partial charge in [-0.05, 0) is 41.9 Å². The fourth-order valence-corrected chi connectivity index (χ4v) is 2.51. The first-order valence-electron chi connectivity index (χ1n) is 9.08. The molecule has 3 aromatic rings. The molecule has 2 aromatic heterocycles. The fourth-order valence-electron chi connectivity index (χ4n) is 2.51. The molecule has 8 nitrogen and oxygen atoms in total. The van der Waals surface area contributed by atoms with Crippen molar-refractivity contribution in [1.29, 1.82) is 0 Å². The van der Waals surface area contributed by atoms with Gasteiger partial charge < -0.3 is 10.6 Å². The molecule has 0 atom stereocenters. The Hall–Kier alpha value is -3.68. The summed E-state index contributed by atoms with van der Waals surface area (Å²) in [5.41, 5.74) is 3.28. The molecule has 2 N–H and O–H groups in total. The van der Waals surface area contributed by atoms with E-state index in [1.165, 1.54) is 0 Å². The van der Waals surface area contributed by atoms with Crippen LogP contribution in [0.25, 0.3) is 11.3 Å². The Bertz CT molecular complexity index is 1060. The third kappa shape index (κ3) is 4.78. The Morgan fingerprint density at radius 2 is 1.86 bits per heavy atom. The molecule has 1 aromatic carbocycles. The second kappa shape index (κ2) is 8.14. The Morgan fingerprint density at radius 3 is 2.59 bits per heavy atom. The smallest absolute Gasteiger partial charge is 0.229 e. The lowest BCUT2D eigenvalue weighted by molar-refractivity contribution is -0.123. The predicted molar refractivity (Wildman–Crippen MR) is 113 cm³/mol. The van der Waals surface area contributed by atoms with E-state index in [0.717, 1.165) is 5.56 Å². The molecule has 0 radical (unpaired) electrons. The van der Waals surface area contributed by atoms with Crippen LogP contribution in [-0.2, 0) is 4.79 Å². The van der Waals surface area contributed by atoms with Gasteiger partial charge in [0.1, 0.15) is 5.69 Å². The molecule has 0 aliphatic heterocycles. The van der Waals surface area contributed by atoms with Gasteiger partial charge in [-0.15, -0.1) is 4.91 Å². The van der Waals surface area contributed by atoms with E-state index in [-0.39, 0.29) is 5.91 Å². The average molecular weight is 390 g/mol. The fraction of sp³-hybridized carbons (Fsp3) is 0.238. The Balaban J connectivity index is 1.93. The van der Waals surface area contributed by atoms with E-state index in [2.05, 4.69) is 30.8 Å². The Labute approximate surface area is 168 Å². The zero-order chi connectivity index (χ0) is 21.0. The molecule has 0 unspecified atom stereocenters. The Kier molecular flexibility index (Phi) is 5.63. The van der Waals surface area contributed by atoms with Gasteiger partial charge in [0, 0.05) is 35.3 Å². The van der Waals surface area contributed by atoms with Crippen molar-refractivity contribution in [3.05, 3.63) is 59.4 Å². The van der Waals surface area contributed by atoms with Gasteiger partial charge in [-0.2, -0.15) is 0 Å². The van der Waals surface area contributed by atoms with Crippen LogP contribution >= 0.6 is 0 Å². The molecule has 8 heteroatoms. The normalized spacial score (nSPS) is 11.0. The summed E-state index contributed by atoms with van der Waals surface area (Å²) in [6.07, 6.45) is 4.88. The first-order valence-corrected chi connectivity index (χ1v) is 9.08. The van der Waals surface area contributed by atoms with Crippen molar-refractivity contribution in [1.82, 2.24) is 15.0 Å². The van der Waals surface area contributed by atoms with Crippen molar-refractivity contribution < 1.29 is 4.79 Å². The minimum absolute atomic E-state index is 0.105. The highest BCUT2D eigenvalue weighted by Crippen LogP contribution is 2.29. The highest BCUT2D eigenvalue weighted by Gasteiger charge is 2.22. The number of amides is 1. The molecular weight excluding hydrogens is 368 g/mol. The standard InChI is InChI=1S/C21H22N6O2/c1-13-5-6-14(27-29)11-18(13)26-20-23-10-8-17(25-20)15-12-22-9-7-16(15)24-19(28)21(2,3)4/h5-12H,1-4H3,(H,22,24,28)(H,23,25,26). The van der Waals surface area contributed by atoms with Crippen molar-refractivity contribution in [3.63, 3.8) is 0 Å². The van der Waals surface area contributed by atoms with Crippen molar-refractivity contribution in [2.75, 3.05) is 10.6 Å². The van der Waals surface area contributed by atoms with Gasteiger partial charge in [0.2, 0.25) is 11.9 Å². The van der Waals surface area contributed by atoms with Gasteiger partial charge in [-0.3, -0.25) is 9.78 Å². The number of aryl methyl sites for hydroxylation is 1. The van der Waals surface area contributed by atoms with Gasteiger partial charge in [-0.25, -0.2) is 9.97 Å². The minimum Gasteiger partial charge on any atom is -0.325 e. The zero-order valence-electron chi connectivity index (χ0n) is 16.7. The van der Waals surface area contributed by atoms with E-state index in [1.807, 2.05) is 27.7 Å². The van der Waals surface area contributed by atoms with E-state index < -0.39 is 5.41 Å². The third-order valence-corrected chi connectivity index (χ3v) is 4.26. The number of benzene rings is 1. The molecule has 0 bridgehead atoms. The number of pyridine rings is 1. The molecule has 2 heterocycles. The van der Waals surface area contributed by atoms with E-state index in [4.69, 9.17) is 0 Å². The monoisotopic (exact) mass is 390 g/mol. The van der Waals surface area contributed by atoms with E-state index in [0.29, 0.717) is 34.3 Å². The van der Waals surface area contributed by atoms with E-state index >= 15 is 0 Å². The van der Waals surface area contributed by atoms with Crippen molar-refractivity contribution in [2.24, 2.45) is 10.6 Å². The van der Waals surface area contributed by atoms with Crippen LogP contribution in [0, 0.1) is 17.2 Å². The van der Waals surface area contributed by atoms with Crippen LogP contribution in [0.2, 0.25) is 0 Å². The molecule has 0 fully saturated rings. The number of rotatable bonds is 5. The van der Waals surface area contributed by atoms with Crippen LogP contribution in [0.4, 0.5) is 23.0 Å². The van der Waals surface area contributed by atoms with Crippen LogP contribution < -0.4 is 10.6 Å². The van der Waals surface area contributed by atoms with Crippen LogP contribution in [0.15, 0.2) is 54.1 Å². The second-order valence-electron chi connectivity index (χ2n) is 7.61. The molecule has 1 amide bonds. The number of nitrogens with zero attached hydrogens (tertiary/aromatic N) is 4. The van der Waals surface area contributed by atoms with Gasteiger partial charge in [-0.1, -0.05) is 26.8 Å². The van der Waals surface area contributed by atoms with Gasteiger partial charge in [0.25, 0.3) is 0 Å². The van der Waals surface area contributed by atoms with Gasteiger partial charge >= 0.3 is 0 Å². The van der Waals surface area contributed by atoms with E-state index in [1.54, 1.807) is 48.9 Å². The van der Waals surface area contributed by atoms with Gasteiger partial charge in [0.15, 0.2) is 0 Å². The number of aromatic nitrogens is 3. The highest BCUT2D eigenvalue weighted by atomic mass is 16.3. The number of carbonyl (C=O) groups is 1. The molecule has 0 aliphatic carbocycles. The summed E-state index contributed by atoms with van der Waals surface area (Å²) in [6, 6.07) is 8.55. The zero-order valence-corrected chi connectivity index (χ0v) is 16.7. The molecule has 29 heavy (non-hydrogen) atoms. The lowest BCUT2D eigenvalue weighted by Crippen LogP contribution is -2.27. The maximum atomic E-state index is 12.4. The summed E-state index contributed by atoms with van der Waals surface area (Å²) in [4.78, 5) is 36.2. The van der Waals surface area contributed by atoms with Crippen LogP contribution in [0.3, 0.4) is 0 Å². The summed E-state index contributed by atoms with van der Waals surface area (Å²) in [5, 5.41) is 9.01. The van der Waals surface area contributed by atoms with Crippen molar-refractivity contribution in [2.45, 2.75) is 27.7 Å². The summed E-state index contributed by atoms with van der Waals surface area (Å²) >= 11 is 0. The number of carbonyl (C=O) groups excluding carboxylic acids is 1. The lowest BCUT2D eigenvalue weighted by Gasteiger charge is -2.19. The number of nitrogens with one attached hydrogen (secondary N) is 2. The van der Waals surface area contributed by atoms with Crippen molar-refractivity contribution >= 4 is 28.9 Å². The van der Waals surface area contributed by atoms with E-state index in [9.17, 15) is 9.70 Å². The lowest BCUT2D eigenvalue weighted by atomic mass is 9.95. The molecular formula is C21H22N6O2. The molecule has 0 saturated carbocycles. The molecule has 148 valence electrons. The average Bonchev–Trinajstić information content (AvgIpc) is 2.69. The number of hydrogen-bond donors (Lipinski definition) is 2. The maximum absolute atomic E-state index is 12.4. The topological polar surface area (TPSA) is 109 Å². The number of hydrogen-bond acceptors (Lipinski definition) is 7. The largest absolute Gasteiger partial charge is 0.325 e. The van der Waals surface area contributed by atoms with Crippen LogP contribution in [0.1, 0.15) is 26.3 Å². The molecule has 0 saturated heterocycles. The maximum Gasteiger partial charge on any atom is 0.229 e. The van der Waals surface area contributed by atoms with Crippen LogP contribution in [0.5, 0.6) is 0 Å². The first-order chi connectivity index (χ1) is 13.8. The SMILES string of the molecule is Cc1ccc(N=O)cc1Nc1nccc(-c2cnccc2NC(=O)C(C)(C)C)n1. The molecule has 0 aliphatic rings. The first kappa shape index (κ1) is 20.1. The summed E-state index contributed by atoms with van der Waals surface area (Å²) in [5.74, 6) is 0.247. The number of nitroso groups, excluding NO2 is 1. The summed E-state index contributed by atoms with van der Waals surface area (Å²) in [7, 11) is 0. The molecule has 0 spiro atoms. The quantitative estimate of drug-likeness (QED) is 0.595. The summed E-state index contributed by atoms with van der Waals surface area (Å²) < 4.78 is 0. The third-order valence-electron chi connectivity index (χ3n) is 4.26. The highest BCUT2D eigenvalue weighted by molar-refractivity contribution is 5.97. The van der Waals surface area contributed by atoms with Crippen LogP contribution in [-0.4, -0.2) is 20.9 Å². The van der Waals surface area contributed by atoms with Gasteiger partial charge in [0.05, 0.1) is 11.4 Å². The minimum atomic E-state index is -0.534. The summed E-state index contributed by atoms with van der Waals surface area (Å²) in [6.45, 7) is 7.45. The molecule has 3 rings (SSSR count). The Morgan fingerprint density at radius 1 is 1.07 bits per heavy atom.